The van der Waals surface area contributed by atoms with E-state index in [4.69, 9.17) is 0 Å². The van der Waals surface area contributed by atoms with Gasteiger partial charge in [0.15, 0.2) is 0 Å². The molecule has 3 heterocycles. The second-order valence-electron chi connectivity index (χ2n) is 7.21. The molecule has 3 rings (SSSR count). The van der Waals surface area contributed by atoms with E-state index in [2.05, 4.69) is 19.9 Å². The standard InChI is InChI=1S/C18H26N6O2S/c1-11-16(27-12(2)19-11)17(26)24-7-6-14(10-24)23(5)9-13-8-15(25)21-18(20-13)22(3)4/h8,14H,6-7,9-10H2,1-5H3,(H,20,21,25)/t14-/m0/s1. The molecular weight excluding hydrogens is 364 g/mol. The average Bonchev–Trinajstić information content (AvgIpc) is 3.20. The topological polar surface area (TPSA) is 85.4 Å². The SMILES string of the molecule is Cc1nc(C)c(C(=O)N2CC[C@H](N(C)Cc3cc(=O)[nH]c(N(C)C)n3)C2)s1. The lowest BCUT2D eigenvalue weighted by Gasteiger charge is -2.24. The van der Waals surface area contributed by atoms with Gasteiger partial charge in [-0.3, -0.25) is 19.5 Å². The van der Waals surface area contributed by atoms with E-state index in [0.29, 0.717) is 19.0 Å². The Kier molecular flexibility index (Phi) is 5.61. The van der Waals surface area contributed by atoms with E-state index in [1.165, 1.54) is 17.4 Å². The molecule has 0 bridgehead atoms. The number of rotatable bonds is 5. The molecular formula is C18H26N6O2S. The summed E-state index contributed by atoms with van der Waals surface area (Å²) in [6.45, 7) is 5.78. The van der Waals surface area contributed by atoms with E-state index in [1.54, 1.807) is 4.90 Å². The van der Waals surface area contributed by atoms with E-state index >= 15 is 0 Å². The van der Waals surface area contributed by atoms with Gasteiger partial charge in [-0.2, -0.15) is 0 Å². The summed E-state index contributed by atoms with van der Waals surface area (Å²) in [5.74, 6) is 0.614. The molecule has 0 aromatic carbocycles. The average molecular weight is 391 g/mol. The van der Waals surface area contributed by atoms with Gasteiger partial charge in [0.05, 0.1) is 16.4 Å². The summed E-state index contributed by atoms with van der Waals surface area (Å²) in [6.07, 6.45) is 0.906. The first-order valence-corrected chi connectivity index (χ1v) is 9.77. The number of likely N-dealkylation sites (N-methyl/N-ethyl adjacent to an activating group) is 1. The molecule has 0 spiro atoms. The molecule has 1 fully saturated rings. The molecule has 1 aliphatic heterocycles. The third-order valence-electron chi connectivity index (χ3n) is 4.79. The molecule has 0 radical (unpaired) electrons. The minimum atomic E-state index is -0.156. The highest BCUT2D eigenvalue weighted by atomic mass is 32.1. The molecule has 0 unspecified atom stereocenters. The number of carbonyl (C=O) groups excluding carboxylic acids is 1. The Balaban J connectivity index is 1.66. The van der Waals surface area contributed by atoms with Gasteiger partial charge in [-0.25, -0.2) is 9.97 Å². The van der Waals surface area contributed by atoms with Gasteiger partial charge in [0.2, 0.25) is 5.95 Å². The summed E-state index contributed by atoms with van der Waals surface area (Å²) in [5, 5.41) is 0.917. The minimum absolute atomic E-state index is 0.0678. The molecule has 1 atom stereocenters. The normalized spacial score (nSPS) is 17.0. The van der Waals surface area contributed by atoms with Crippen LogP contribution in [0.2, 0.25) is 0 Å². The molecule has 8 nitrogen and oxygen atoms in total. The van der Waals surface area contributed by atoms with E-state index in [1.807, 2.05) is 39.9 Å². The van der Waals surface area contributed by atoms with E-state index in [0.717, 1.165) is 34.2 Å². The molecule has 0 aliphatic carbocycles. The maximum atomic E-state index is 12.8. The molecule has 1 N–H and O–H groups in total. The maximum Gasteiger partial charge on any atom is 0.265 e. The van der Waals surface area contributed by atoms with Gasteiger partial charge in [-0.1, -0.05) is 0 Å². The second-order valence-corrected chi connectivity index (χ2v) is 8.41. The third kappa shape index (κ3) is 4.36. The fraction of sp³-hybridized carbons (Fsp3) is 0.556. The van der Waals surface area contributed by atoms with Crippen molar-refractivity contribution in [1.29, 1.82) is 0 Å². The maximum absolute atomic E-state index is 12.8. The van der Waals surface area contributed by atoms with Gasteiger partial charge in [-0.05, 0) is 27.3 Å². The molecule has 2 aromatic heterocycles. The fourth-order valence-corrected chi connectivity index (χ4v) is 4.22. The molecule has 1 saturated heterocycles. The molecule has 2 aromatic rings. The number of thiazole rings is 1. The Morgan fingerprint density at radius 3 is 2.70 bits per heavy atom. The molecule has 0 saturated carbocycles. The van der Waals surface area contributed by atoms with Crippen molar-refractivity contribution in [3.63, 3.8) is 0 Å². The Labute approximate surface area is 162 Å². The smallest absolute Gasteiger partial charge is 0.265 e. The number of carbonyl (C=O) groups is 1. The van der Waals surface area contributed by atoms with Crippen molar-refractivity contribution < 1.29 is 4.79 Å². The lowest BCUT2D eigenvalue weighted by molar-refractivity contribution is 0.0783. The van der Waals surface area contributed by atoms with Crippen LogP contribution in [0.3, 0.4) is 0 Å². The zero-order valence-electron chi connectivity index (χ0n) is 16.4. The highest BCUT2D eigenvalue weighted by molar-refractivity contribution is 7.13. The first-order valence-electron chi connectivity index (χ1n) is 8.95. The summed E-state index contributed by atoms with van der Waals surface area (Å²) in [7, 11) is 5.70. The van der Waals surface area contributed by atoms with E-state index in [9.17, 15) is 9.59 Å². The summed E-state index contributed by atoms with van der Waals surface area (Å²) >= 11 is 1.46. The molecule has 27 heavy (non-hydrogen) atoms. The Bertz CT molecular complexity index is 890. The Hall–Kier alpha value is -2.26. The van der Waals surface area contributed by atoms with Crippen LogP contribution in [0.25, 0.3) is 0 Å². The fourth-order valence-electron chi connectivity index (χ4n) is 3.33. The van der Waals surface area contributed by atoms with Gasteiger partial charge < -0.3 is 9.80 Å². The number of hydrogen-bond donors (Lipinski definition) is 1. The lowest BCUT2D eigenvalue weighted by Crippen LogP contribution is -2.36. The van der Waals surface area contributed by atoms with Crippen molar-refractivity contribution in [2.75, 3.05) is 39.1 Å². The van der Waals surface area contributed by atoms with Crippen molar-refractivity contribution >= 4 is 23.2 Å². The quantitative estimate of drug-likeness (QED) is 0.827. The van der Waals surface area contributed by atoms with Crippen molar-refractivity contribution in [3.8, 4) is 0 Å². The van der Waals surface area contributed by atoms with Crippen molar-refractivity contribution in [2.45, 2.75) is 32.9 Å². The predicted octanol–water partition coefficient (Wildman–Crippen LogP) is 1.26. The Morgan fingerprint density at radius 1 is 1.33 bits per heavy atom. The Morgan fingerprint density at radius 2 is 2.07 bits per heavy atom. The zero-order valence-corrected chi connectivity index (χ0v) is 17.3. The largest absolute Gasteiger partial charge is 0.348 e. The second kappa shape index (κ2) is 7.77. The van der Waals surface area contributed by atoms with Gasteiger partial charge in [0.1, 0.15) is 4.88 Å². The molecule has 1 aliphatic rings. The van der Waals surface area contributed by atoms with Crippen LogP contribution in [0, 0.1) is 13.8 Å². The van der Waals surface area contributed by atoms with Crippen LogP contribution < -0.4 is 10.5 Å². The van der Waals surface area contributed by atoms with E-state index in [-0.39, 0.29) is 17.5 Å². The first-order chi connectivity index (χ1) is 12.7. The third-order valence-corrected chi connectivity index (χ3v) is 5.85. The number of nitrogens with zero attached hydrogens (tertiary/aromatic N) is 5. The van der Waals surface area contributed by atoms with Crippen molar-refractivity contribution in [3.05, 3.63) is 37.7 Å². The monoisotopic (exact) mass is 390 g/mol. The molecule has 146 valence electrons. The van der Waals surface area contributed by atoms with Gasteiger partial charge in [0, 0.05) is 45.8 Å². The zero-order chi connectivity index (χ0) is 19.7. The highest BCUT2D eigenvalue weighted by Gasteiger charge is 2.31. The van der Waals surface area contributed by atoms with Gasteiger partial charge >= 0.3 is 0 Å². The van der Waals surface area contributed by atoms with Crippen molar-refractivity contribution in [2.24, 2.45) is 0 Å². The van der Waals surface area contributed by atoms with Crippen LogP contribution in [0.1, 0.15) is 32.5 Å². The molecule has 1 amide bonds. The predicted molar refractivity (Wildman–Crippen MR) is 107 cm³/mol. The number of nitrogens with one attached hydrogen (secondary N) is 1. The van der Waals surface area contributed by atoms with E-state index < -0.39 is 0 Å². The summed E-state index contributed by atoms with van der Waals surface area (Å²) in [6, 6.07) is 1.78. The van der Waals surface area contributed by atoms with Crippen LogP contribution in [0.4, 0.5) is 5.95 Å². The van der Waals surface area contributed by atoms with Gasteiger partial charge in [0.25, 0.3) is 11.5 Å². The van der Waals surface area contributed by atoms with Gasteiger partial charge in [-0.15, -0.1) is 11.3 Å². The first kappa shape index (κ1) is 19.5. The number of aromatic nitrogens is 3. The lowest BCUT2D eigenvalue weighted by atomic mass is 10.2. The van der Waals surface area contributed by atoms with Crippen LogP contribution in [0.15, 0.2) is 10.9 Å². The highest BCUT2D eigenvalue weighted by Crippen LogP contribution is 2.23. The number of anilines is 1. The number of likely N-dealkylation sites (tertiary alicyclic amines) is 1. The van der Waals surface area contributed by atoms with Crippen molar-refractivity contribution in [1.82, 2.24) is 24.8 Å². The number of hydrogen-bond acceptors (Lipinski definition) is 7. The van der Waals surface area contributed by atoms with Crippen LogP contribution >= 0.6 is 11.3 Å². The summed E-state index contributed by atoms with van der Waals surface area (Å²) in [4.78, 5) is 42.8. The molecule has 9 heteroatoms. The minimum Gasteiger partial charge on any atom is -0.348 e. The summed E-state index contributed by atoms with van der Waals surface area (Å²) < 4.78 is 0. The van der Waals surface area contributed by atoms with Crippen LogP contribution in [0.5, 0.6) is 0 Å². The van der Waals surface area contributed by atoms with Crippen LogP contribution in [-0.4, -0.2) is 70.9 Å². The number of aryl methyl sites for hydroxylation is 2. The number of aromatic amines is 1. The van der Waals surface area contributed by atoms with Crippen LogP contribution in [-0.2, 0) is 6.54 Å². The summed E-state index contributed by atoms with van der Waals surface area (Å²) in [5.41, 5.74) is 1.38. The number of amides is 1. The number of H-pyrrole nitrogens is 1.